The minimum atomic E-state index is 0.210. The van der Waals surface area contributed by atoms with Crippen molar-refractivity contribution in [3.63, 3.8) is 0 Å². The van der Waals surface area contributed by atoms with Crippen molar-refractivity contribution in [3.05, 3.63) is 23.9 Å². The van der Waals surface area contributed by atoms with Crippen LogP contribution in [0.3, 0.4) is 0 Å². The van der Waals surface area contributed by atoms with Gasteiger partial charge in [0.25, 0.3) is 0 Å². The predicted molar refractivity (Wildman–Crippen MR) is 76.0 cm³/mol. The zero-order chi connectivity index (χ0) is 13.0. The highest BCUT2D eigenvalue weighted by Gasteiger charge is 2.33. The first kappa shape index (κ1) is 13.3. The zero-order valence-electron chi connectivity index (χ0n) is 11.6. The lowest BCUT2D eigenvalue weighted by Crippen LogP contribution is -2.49. The van der Waals surface area contributed by atoms with E-state index in [2.05, 4.69) is 47.8 Å². The summed E-state index contributed by atoms with van der Waals surface area (Å²) in [5, 5.41) is 10.5. The Bertz CT molecular complexity index is 389. The van der Waals surface area contributed by atoms with Crippen LogP contribution in [0.4, 0.5) is 5.82 Å². The van der Waals surface area contributed by atoms with Gasteiger partial charge in [-0.1, -0.05) is 0 Å². The Labute approximate surface area is 110 Å². The van der Waals surface area contributed by atoms with Crippen LogP contribution >= 0.6 is 0 Å². The molecule has 0 bridgehead atoms. The van der Waals surface area contributed by atoms with E-state index in [-0.39, 0.29) is 5.54 Å². The van der Waals surface area contributed by atoms with E-state index >= 15 is 0 Å². The Balaban J connectivity index is 1.70. The fraction of sp³-hybridized carbons (Fsp3) is 0.643. The minimum absolute atomic E-state index is 0.210. The monoisotopic (exact) mass is 248 g/mol. The van der Waals surface area contributed by atoms with Crippen LogP contribution in [0.2, 0.25) is 0 Å². The first-order valence-electron chi connectivity index (χ1n) is 6.73. The van der Waals surface area contributed by atoms with Crippen LogP contribution in [0, 0.1) is 6.92 Å². The van der Waals surface area contributed by atoms with Crippen LogP contribution in [0.15, 0.2) is 18.3 Å². The minimum Gasteiger partial charge on any atom is -0.369 e. The highest BCUT2D eigenvalue weighted by molar-refractivity contribution is 5.36. The van der Waals surface area contributed by atoms with Gasteiger partial charge >= 0.3 is 0 Å². The highest BCUT2D eigenvalue weighted by atomic mass is 15.1. The number of aryl methyl sites for hydroxylation is 1. The summed E-state index contributed by atoms with van der Waals surface area (Å²) in [7, 11) is 0. The zero-order valence-corrected chi connectivity index (χ0v) is 11.6. The average Bonchev–Trinajstić information content (AvgIpc) is 2.64. The normalized spacial score (nSPS) is 22.1. The number of hydrogen-bond acceptors (Lipinski definition) is 4. The maximum atomic E-state index is 4.29. The summed E-state index contributed by atoms with van der Waals surface area (Å²) in [6.45, 7) is 9.57. The van der Waals surface area contributed by atoms with Gasteiger partial charge in [0.2, 0.25) is 0 Å². The summed E-state index contributed by atoms with van der Waals surface area (Å²) in [4.78, 5) is 4.29. The quantitative estimate of drug-likeness (QED) is 0.692. The molecule has 2 heterocycles. The fourth-order valence-corrected chi connectivity index (χ4v) is 2.45. The number of pyridine rings is 1. The van der Waals surface area contributed by atoms with E-state index in [0.717, 1.165) is 25.5 Å². The summed E-state index contributed by atoms with van der Waals surface area (Å²) in [6.07, 6.45) is 3.05. The van der Waals surface area contributed by atoms with Gasteiger partial charge in [0.15, 0.2) is 0 Å². The Hall–Kier alpha value is -1.13. The van der Waals surface area contributed by atoms with Gasteiger partial charge in [0, 0.05) is 30.9 Å². The van der Waals surface area contributed by atoms with Crippen LogP contribution in [-0.4, -0.2) is 36.2 Å². The van der Waals surface area contributed by atoms with Gasteiger partial charge in [-0.15, -0.1) is 0 Å². The lowest BCUT2D eigenvalue weighted by molar-refractivity contribution is 0.355. The van der Waals surface area contributed by atoms with E-state index in [9.17, 15) is 0 Å². The molecule has 0 spiro atoms. The van der Waals surface area contributed by atoms with E-state index < -0.39 is 0 Å². The van der Waals surface area contributed by atoms with Gasteiger partial charge in [0.05, 0.1) is 0 Å². The van der Waals surface area contributed by atoms with Crippen molar-refractivity contribution in [2.24, 2.45) is 0 Å². The van der Waals surface area contributed by atoms with Gasteiger partial charge in [-0.2, -0.15) is 0 Å². The standard InChI is InChI=1S/C14H24N4/c1-11-4-6-16-13(10-11)17-9-8-15-12-5-7-18-14(12,2)3/h4,6,10,12,15,18H,5,7-9H2,1-3H3,(H,16,17)/t12-/m0/s1. The molecule has 0 unspecified atom stereocenters. The fourth-order valence-electron chi connectivity index (χ4n) is 2.45. The number of nitrogens with one attached hydrogen (secondary N) is 3. The maximum Gasteiger partial charge on any atom is 0.126 e. The van der Waals surface area contributed by atoms with Crippen LogP contribution in [0.1, 0.15) is 25.8 Å². The Morgan fingerprint density at radius 1 is 1.44 bits per heavy atom. The summed E-state index contributed by atoms with van der Waals surface area (Å²) < 4.78 is 0. The van der Waals surface area contributed by atoms with Crippen molar-refractivity contribution in [3.8, 4) is 0 Å². The second-order valence-electron chi connectivity index (χ2n) is 5.59. The number of aromatic nitrogens is 1. The van der Waals surface area contributed by atoms with Gasteiger partial charge in [-0.05, 0) is 51.4 Å². The molecule has 3 N–H and O–H groups in total. The van der Waals surface area contributed by atoms with Crippen LogP contribution in [-0.2, 0) is 0 Å². The maximum absolute atomic E-state index is 4.29. The summed E-state index contributed by atoms with van der Waals surface area (Å²) in [5.41, 5.74) is 1.45. The van der Waals surface area contributed by atoms with Crippen molar-refractivity contribution >= 4 is 5.82 Å². The molecule has 1 atom stereocenters. The highest BCUT2D eigenvalue weighted by Crippen LogP contribution is 2.17. The molecule has 0 saturated carbocycles. The van der Waals surface area contributed by atoms with Gasteiger partial charge < -0.3 is 16.0 Å². The molecule has 0 aromatic carbocycles. The third kappa shape index (κ3) is 3.43. The Kier molecular flexibility index (Phi) is 4.19. The molecule has 1 aromatic heterocycles. The molecule has 1 aliphatic rings. The van der Waals surface area contributed by atoms with E-state index in [1.807, 2.05) is 12.3 Å². The van der Waals surface area contributed by atoms with Crippen LogP contribution in [0.5, 0.6) is 0 Å². The first-order chi connectivity index (χ1) is 8.58. The lowest BCUT2D eigenvalue weighted by atomic mass is 9.97. The molecule has 4 heteroatoms. The molecule has 100 valence electrons. The molecule has 0 radical (unpaired) electrons. The summed E-state index contributed by atoms with van der Waals surface area (Å²) in [6, 6.07) is 4.64. The second-order valence-corrected chi connectivity index (χ2v) is 5.59. The van der Waals surface area contributed by atoms with Gasteiger partial charge in [0.1, 0.15) is 5.82 Å². The Morgan fingerprint density at radius 3 is 2.94 bits per heavy atom. The van der Waals surface area contributed by atoms with Crippen LogP contribution < -0.4 is 16.0 Å². The van der Waals surface area contributed by atoms with E-state index in [1.165, 1.54) is 12.0 Å². The molecule has 18 heavy (non-hydrogen) atoms. The van der Waals surface area contributed by atoms with E-state index in [4.69, 9.17) is 0 Å². The molecule has 4 nitrogen and oxygen atoms in total. The molecule has 1 fully saturated rings. The Morgan fingerprint density at radius 2 is 2.28 bits per heavy atom. The molecule has 2 rings (SSSR count). The average molecular weight is 248 g/mol. The SMILES string of the molecule is Cc1ccnc(NCCN[C@H]2CCNC2(C)C)c1. The number of hydrogen-bond donors (Lipinski definition) is 3. The molecule has 1 aliphatic heterocycles. The van der Waals surface area contributed by atoms with Crippen molar-refractivity contribution < 1.29 is 0 Å². The van der Waals surface area contributed by atoms with Crippen molar-refractivity contribution in [1.82, 2.24) is 15.6 Å². The molecule has 0 amide bonds. The molecular formula is C14H24N4. The molecule has 1 aromatic rings. The molecule has 0 aliphatic carbocycles. The number of anilines is 1. The van der Waals surface area contributed by atoms with E-state index in [0.29, 0.717) is 6.04 Å². The third-order valence-electron chi connectivity index (χ3n) is 3.62. The first-order valence-corrected chi connectivity index (χ1v) is 6.73. The lowest BCUT2D eigenvalue weighted by Gasteiger charge is -2.28. The van der Waals surface area contributed by atoms with Crippen LogP contribution in [0.25, 0.3) is 0 Å². The number of rotatable bonds is 5. The van der Waals surface area contributed by atoms with Gasteiger partial charge in [-0.3, -0.25) is 0 Å². The summed E-state index contributed by atoms with van der Waals surface area (Å²) >= 11 is 0. The third-order valence-corrected chi connectivity index (χ3v) is 3.62. The van der Waals surface area contributed by atoms with Gasteiger partial charge in [-0.25, -0.2) is 4.98 Å². The molecule has 1 saturated heterocycles. The molecular weight excluding hydrogens is 224 g/mol. The topological polar surface area (TPSA) is 49.0 Å². The number of nitrogens with zero attached hydrogens (tertiary/aromatic N) is 1. The second kappa shape index (κ2) is 5.67. The largest absolute Gasteiger partial charge is 0.369 e. The van der Waals surface area contributed by atoms with Crippen molar-refractivity contribution in [2.75, 3.05) is 25.0 Å². The summed E-state index contributed by atoms with van der Waals surface area (Å²) in [5.74, 6) is 0.959. The van der Waals surface area contributed by atoms with Crippen molar-refractivity contribution in [2.45, 2.75) is 38.8 Å². The van der Waals surface area contributed by atoms with E-state index in [1.54, 1.807) is 0 Å². The van der Waals surface area contributed by atoms with Crippen molar-refractivity contribution in [1.29, 1.82) is 0 Å². The predicted octanol–water partition coefficient (Wildman–Crippen LogP) is 1.53. The smallest absolute Gasteiger partial charge is 0.126 e.